The summed E-state index contributed by atoms with van der Waals surface area (Å²) in [6.45, 7) is 0. The highest BCUT2D eigenvalue weighted by atomic mass is 16.3. The lowest BCUT2D eigenvalue weighted by molar-refractivity contribution is 0.663. The standard InChI is InChI=1S/C90H50N8O4/c1-3-18-53(19-4-1)85-91-87(94-89(93-85)57-44-45-72-63(48-57)82-76(99-72)46-47-77-84(82)83-71(32-17-35-75(83)100-77)98-68-29-13-9-24-60(68)61-25-10-14-30-69(61)98)55-40-36-51(37-41-55)52-38-42-56(43-39-52)88-92-86(54-20-5-2-6-21-54)95-90(96-88)62-26-15-33-73-80(62)64-49-79-65(50-78(64)101-73)81-70(31-16-34-74(81)102-79)97-66-27-11-7-22-58(66)59-23-8-12-28-67(59)97/h1-50H. The zero-order valence-electron chi connectivity index (χ0n) is 54.1. The fourth-order valence-corrected chi connectivity index (χ4v) is 15.7. The molecule has 0 aliphatic carbocycles. The van der Waals surface area contributed by atoms with Crippen LogP contribution in [0.25, 0.3) is 222 Å². The van der Waals surface area contributed by atoms with Crippen LogP contribution in [0, 0.1) is 0 Å². The van der Waals surface area contributed by atoms with Crippen molar-refractivity contribution in [1.29, 1.82) is 0 Å². The fraction of sp³-hybridized carbons (Fsp3) is 0. The molecule has 8 heterocycles. The quantitative estimate of drug-likeness (QED) is 0.137. The van der Waals surface area contributed by atoms with Crippen molar-refractivity contribution in [2.75, 3.05) is 0 Å². The minimum Gasteiger partial charge on any atom is -0.456 e. The molecule has 474 valence electrons. The van der Waals surface area contributed by atoms with Gasteiger partial charge in [0.25, 0.3) is 0 Å². The molecule has 0 bridgehead atoms. The Bertz CT molecular complexity index is 7140. The minimum absolute atomic E-state index is 0.521. The molecule has 14 aromatic carbocycles. The highest BCUT2D eigenvalue weighted by molar-refractivity contribution is 6.28. The normalized spacial score (nSPS) is 12.1. The molecule has 102 heavy (non-hydrogen) atoms. The Kier molecular flexibility index (Phi) is 11.9. The first-order valence-electron chi connectivity index (χ1n) is 34.0. The van der Waals surface area contributed by atoms with Crippen LogP contribution < -0.4 is 0 Å². The molecule has 0 saturated carbocycles. The number of fused-ring (bicyclic) bond motifs is 19. The van der Waals surface area contributed by atoms with E-state index in [0.717, 1.165) is 160 Å². The smallest absolute Gasteiger partial charge is 0.164 e. The van der Waals surface area contributed by atoms with Crippen molar-refractivity contribution in [3.63, 3.8) is 0 Å². The lowest BCUT2D eigenvalue weighted by Gasteiger charge is -2.10. The number of para-hydroxylation sites is 4. The average Bonchev–Trinajstić information content (AvgIpc) is 1.55. The lowest BCUT2D eigenvalue weighted by Crippen LogP contribution is -2.00. The van der Waals surface area contributed by atoms with E-state index in [1.54, 1.807) is 0 Å². The second-order valence-electron chi connectivity index (χ2n) is 26.0. The minimum atomic E-state index is 0.521. The molecule has 0 saturated heterocycles. The molecular formula is C90H50N8O4. The molecule has 0 unspecified atom stereocenters. The van der Waals surface area contributed by atoms with Crippen molar-refractivity contribution in [3.05, 3.63) is 303 Å². The van der Waals surface area contributed by atoms with Gasteiger partial charge in [-0.1, -0.05) is 206 Å². The third kappa shape index (κ3) is 8.50. The van der Waals surface area contributed by atoms with Crippen molar-refractivity contribution in [3.8, 4) is 90.8 Å². The molecule has 0 N–H and O–H groups in total. The zero-order valence-corrected chi connectivity index (χ0v) is 54.1. The predicted octanol–water partition coefficient (Wildman–Crippen LogP) is 23.5. The maximum absolute atomic E-state index is 6.81. The SMILES string of the molecule is c1ccc(-c2nc(-c3ccc(-c4ccc(-c5nc(-c6ccccc6)nc(-c6cccc7oc8cc9c(cc8c67)oc6cccc(-n7c8ccccc8c8ccccc87)c69)n5)cc4)cc3)nc(-c3ccc4oc5ccc6oc7cccc(-n8c9ccccc9c9ccccc98)c7c6c5c4c3)n2)cc1. The summed E-state index contributed by atoms with van der Waals surface area (Å²) in [7, 11) is 0. The monoisotopic (exact) mass is 1310 g/mol. The van der Waals surface area contributed by atoms with Crippen LogP contribution in [0.2, 0.25) is 0 Å². The molecule has 12 nitrogen and oxygen atoms in total. The summed E-state index contributed by atoms with van der Waals surface area (Å²) in [6.07, 6.45) is 0. The maximum Gasteiger partial charge on any atom is 0.164 e. The van der Waals surface area contributed by atoms with E-state index < -0.39 is 0 Å². The molecular weight excluding hydrogens is 1260 g/mol. The van der Waals surface area contributed by atoms with Crippen LogP contribution in [0.3, 0.4) is 0 Å². The van der Waals surface area contributed by atoms with Gasteiger partial charge >= 0.3 is 0 Å². The van der Waals surface area contributed by atoms with Gasteiger partial charge in [-0.15, -0.1) is 0 Å². The van der Waals surface area contributed by atoms with Gasteiger partial charge in [0.1, 0.15) is 44.7 Å². The molecule has 12 heteroatoms. The first kappa shape index (κ1) is 56.0. The van der Waals surface area contributed by atoms with E-state index in [4.69, 9.17) is 47.6 Å². The Balaban J connectivity index is 0.616. The van der Waals surface area contributed by atoms with Crippen molar-refractivity contribution in [2.24, 2.45) is 0 Å². The number of benzene rings is 14. The summed E-state index contributed by atoms with van der Waals surface area (Å²) >= 11 is 0. The molecule has 22 aromatic rings. The molecule has 8 aromatic heterocycles. The summed E-state index contributed by atoms with van der Waals surface area (Å²) in [5.74, 6) is 3.26. The Labute approximate surface area is 578 Å². The summed E-state index contributed by atoms with van der Waals surface area (Å²) < 4.78 is 31.7. The van der Waals surface area contributed by atoms with Crippen LogP contribution >= 0.6 is 0 Å². The van der Waals surface area contributed by atoms with E-state index in [0.29, 0.717) is 40.5 Å². The van der Waals surface area contributed by atoms with E-state index in [2.05, 4.69) is 209 Å². The van der Waals surface area contributed by atoms with Crippen LogP contribution in [0.1, 0.15) is 0 Å². The van der Waals surface area contributed by atoms with Crippen molar-refractivity contribution in [2.45, 2.75) is 0 Å². The molecule has 0 amide bonds. The molecule has 0 atom stereocenters. The molecule has 0 aliphatic heterocycles. The van der Waals surface area contributed by atoms with Gasteiger partial charge in [-0.2, -0.15) is 0 Å². The van der Waals surface area contributed by atoms with Crippen LogP contribution in [-0.4, -0.2) is 39.0 Å². The van der Waals surface area contributed by atoms with Crippen LogP contribution in [0.15, 0.2) is 321 Å². The molecule has 0 spiro atoms. The van der Waals surface area contributed by atoms with Crippen LogP contribution in [-0.2, 0) is 0 Å². The topological polar surface area (TPSA) is 140 Å². The van der Waals surface area contributed by atoms with Crippen LogP contribution in [0.4, 0.5) is 0 Å². The van der Waals surface area contributed by atoms with E-state index in [1.807, 2.05) is 103 Å². The zero-order chi connectivity index (χ0) is 66.7. The number of hydrogen-bond donors (Lipinski definition) is 0. The molecule has 0 aliphatic rings. The van der Waals surface area contributed by atoms with Gasteiger partial charge in [0.05, 0.1) is 44.2 Å². The molecule has 0 radical (unpaired) electrons. The van der Waals surface area contributed by atoms with Crippen molar-refractivity contribution < 1.29 is 17.7 Å². The van der Waals surface area contributed by atoms with E-state index >= 15 is 0 Å². The van der Waals surface area contributed by atoms with Gasteiger partial charge in [0.2, 0.25) is 0 Å². The third-order valence-corrected chi connectivity index (χ3v) is 20.3. The predicted molar refractivity (Wildman–Crippen MR) is 409 cm³/mol. The van der Waals surface area contributed by atoms with Crippen LogP contribution in [0.5, 0.6) is 0 Å². The van der Waals surface area contributed by atoms with E-state index in [9.17, 15) is 0 Å². The number of furan rings is 4. The first-order chi connectivity index (χ1) is 50.5. The summed E-state index contributed by atoms with van der Waals surface area (Å²) in [5, 5.41) is 12.4. The first-order valence-corrected chi connectivity index (χ1v) is 34.0. The highest BCUT2D eigenvalue weighted by Gasteiger charge is 2.26. The van der Waals surface area contributed by atoms with Gasteiger partial charge in [-0.25, -0.2) is 29.9 Å². The summed E-state index contributed by atoms with van der Waals surface area (Å²) in [6, 6.07) is 104. The van der Waals surface area contributed by atoms with Crippen molar-refractivity contribution in [1.82, 2.24) is 39.0 Å². The molecule has 0 fully saturated rings. The Morgan fingerprint density at radius 3 is 1.03 bits per heavy atom. The number of nitrogens with zero attached hydrogens (tertiary/aromatic N) is 8. The van der Waals surface area contributed by atoms with Gasteiger partial charge in [0, 0.05) is 87.2 Å². The average molecular weight is 1310 g/mol. The fourth-order valence-electron chi connectivity index (χ4n) is 15.7. The Morgan fingerprint density at radius 1 is 0.186 bits per heavy atom. The summed E-state index contributed by atoms with van der Waals surface area (Å²) in [4.78, 5) is 31.2. The van der Waals surface area contributed by atoms with Gasteiger partial charge in [-0.05, 0) is 108 Å². The largest absolute Gasteiger partial charge is 0.456 e. The number of rotatable bonds is 9. The van der Waals surface area contributed by atoms with Crippen molar-refractivity contribution >= 4 is 131 Å². The second kappa shape index (κ2) is 21.7. The maximum atomic E-state index is 6.81. The molecule has 22 rings (SSSR count). The third-order valence-electron chi connectivity index (χ3n) is 20.3. The summed E-state index contributed by atoms with van der Waals surface area (Å²) in [5.41, 5.74) is 19.7. The van der Waals surface area contributed by atoms with Gasteiger partial charge in [-0.3, -0.25) is 0 Å². The van der Waals surface area contributed by atoms with E-state index in [-0.39, 0.29) is 0 Å². The van der Waals surface area contributed by atoms with E-state index in [1.165, 1.54) is 21.5 Å². The number of hydrogen-bond acceptors (Lipinski definition) is 10. The highest BCUT2D eigenvalue weighted by Crippen LogP contribution is 2.47. The lowest BCUT2D eigenvalue weighted by atomic mass is 10.0. The number of aromatic nitrogens is 8. The van der Waals surface area contributed by atoms with Gasteiger partial charge < -0.3 is 26.8 Å². The Morgan fingerprint density at radius 2 is 0.520 bits per heavy atom. The second-order valence-corrected chi connectivity index (χ2v) is 26.0. The van der Waals surface area contributed by atoms with Gasteiger partial charge in [0.15, 0.2) is 34.9 Å². The Hall–Kier alpha value is -14.1.